The summed E-state index contributed by atoms with van der Waals surface area (Å²) >= 11 is 1.90. The minimum Gasteiger partial charge on any atom is -0.309 e. The number of para-hydroxylation sites is 2. The van der Waals surface area contributed by atoms with Gasteiger partial charge in [0, 0.05) is 52.8 Å². The fourth-order valence-electron chi connectivity index (χ4n) is 9.67. The summed E-state index contributed by atoms with van der Waals surface area (Å²) in [6, 6.07) is 67.9. The first-order valence-corrected chi connectivity index (χ1v) is 19.7. The third-order valence-electron chi connectivity index (χ3n) is 12.0. The van der Waals surface area contributed by atoms with Crippen LogP contribution >= 0.6 is 11.3 Å². The van der Waals surface area contributed by atoms with Crippen molar-refractivity contribution in [3.05, 3.63) is 182 Å². The SMILES string of the molecule is c1ccc2cc(-n3c4ccccc4c4cc(-c5ccc6c(c5)c5cccc7c8ccccc8c8cccc9sc%10cccc(c%10c98)n6c75)ccc43)ccc2c1. The monoisotopic (exact) mass is 714 g/mol. The zero-order valence-electron chi connectivity index (χ0n) is 29.6. The van der Waals surface area contributed by atoms with Crippen LogP contribution in [0.15, 0.2) is 182 Å². The lowest BCUT2D eigenvalue weighted by Gasteiger charge is -2.10. The summed E-state index contributed by atoms with van der Waals surface area (Å²) in [6.45, 7) is 0. The van der Waals surface area contributed by atoms with Crippen LogP contribution in [0.5, 0.6) is 0 Å². The van der Waals surface area contributed by atoms with Crippen molar-refractivity contribution >= 4 is 113 Å². The average molecular weight is 715 g/mol. The summed E-state index contributed by atoms with van der Waals surface area (Å²) in [4.78, 5) is 0. The molecule has 0 radical (unpaired) electrons. The number of rotatable bonds is 2. The third-order valence-corrected chi connectivity index (χ3v) is 13.2. The van der Waals surface area contributed by atoms with Gasteiger partial charge >= 0.3 is 0 Å². The van der Waals surface area contributed by atoms with Gasteiger partial charge in [0.1, 0.15) is 0 Å². The highest BCUT2D eigenvalue weighted by atomic mass is 32.1. The van der Waals surface area contributed by atoms with Crippen molar-refractivity contribution in [2.45, 2.75) is 0 Å². The van der Waals surface area contributed by atoms with Gasteiger partial charge in [-0.1, -0.05) is 121 Å². The Hall–Kier alpha value is -6.94. The molecule has 4 aromatic heterocycles. The van der Waals surface area contributed by atoms with Crippen molar-refractivity contribution < 1.29 is 0 Å². The lowest BCUT2D eigenvalue weighted by atomic mass is 9.99. The zero-order valence-corrected chi connectivity index (χ0v) is 30.4. The smallest absolute Gasteiger partial charge is 0.0619 e. The second kappa shape index (κ2) is 10.8. The molecule has 0 unspecified atom stereocenters. The molecule has 9 aromatic carbocycles. The van der Waals surface area contributed by atoms with Gasteiger partial charge in [-0.05, 0) is 98.7 Å². The standard InChI is InChI=1S/C52H30N2S/c1-2-11-32-28-35(25-22-31(32)10-1)53-44-18-6-5-14-38(44)42-29-33(23-26-45(42)53)34-24-27-46-43(30-34)41-17-7-16-40-37-13-4-3-12-36(37)39-15-8-20-48-50(39)51-47(54(46)52(40)41)19-9-21-49(51)55-48/h1-30H. The molecule has 254 valence electrons. The van der Waals surface area contributed by atoms with Gasteiger partial charge in [0.15, 0.2) is 0 Å². The Morgan fingerprint density at radius 3 is 1.73 bits per heavy atom. The highest BCUT2D eigenvalue weighted by molar-refractivity contribution is 7.26. The number of nitrogens with zero attached hydrogens (tertiary/aromatic N) is 2. The molecule has 0 saturated heterocycles. The summed E-state index contributed by atoms with van der Waals surface area (Å²) in [6.07, 6.45) is 0. The maximum atomic E-state index is 2.55. The van der Waals surface area contributed by atoms with E-state index >= 15 is 0 Å². The van der Waals surface area contributed by atoms with Crippen LogP contribution in [0.1, 0.15) is 0 Å². The van der Waals surface area contributed by atoms with Gasteiger partial charge in [0.25, 0.3) is 0 Å². The first kappa shape index (κ1) is 29.5. The van der Waals surface area contributed by atoms with Crippen molar-refractivity contribution in [1.29, 1.82) is 0 Å². The molecular formula is C52H30N2S. The van der Waals surface area contributed by atoms with Crippen LogP contribution in [0, 0.1) is 0 Å². The van der Waals surface area contributed by atoms with Gasteiger partial charge in [0.05, 0.1) is 27.6 Å². The molecule has 55 heavy (non-hydrogen) atoms. The van der Waals surface area contributed by atoms with E-state index in [0.717, 1.165) is 0 Å². The Morgan fingerprint density at radius 2 is 0.891 bits per heavy atom. The number of hydrogen-bond acceptors (Lipinski definition) is 1. The van der Waals surface area contributed by atoms with Crippen molar-refractivity contribution in [3.63, 3.8) is 0 Å². The predicted octanol–water partition coefficient (Wildman–Crippen LogP) is 14.8. The van der Waals surface area contributed by atoms with Gasteiger partial charge in [-0.3, -0.25) is 0 Å². The second-order valence-electron chi connectivity index (χ2n) is 14.9. The van der Waals surface area contributed by atoms with Gasteiger partial charge in [0.2, 0.25) is 0 Å². The Kier molecular flexibility index (Phi) is 5.80. The van der Waals surface area contributed by atoms with Gasteiger partial charge in [-0.2, -0.15) is 0 Å². The van der Waals surface area contributed by atoms with Crippen molar-refractivity contribution in [2.75, 3.05) is 0 Å². The van der Waals surface area contributed by atoms with E-state index in [0.29, 0.717) is 0 Å². The van der Waals surface area contributed by atoms with E-state index < -0.39 is 0 Å². The van der Waals surface area contributed by atoms with Crippen molar-refractivity contribution in [2.24, 2.45) is 0 Å². The van der Waals surface area contributed by atoms with Crippen LogP contribution in [0.3, 0.4) is 0 Å². The summed E-state index contributed by atoms with van der Waals surface area (Å²) < 4.78 is 7.62. The number of hydrogen-bond donors (Lipinski definition) is 0. The summed E-state index contributed by atoms with van der Waals surface area (Å²) in [5.74, 6) is 0. The van der Waals surface area contributed by atoms with E-state index in [1.165, 1.54) is 118 Å². The molecule has 0 fully saturated rings. The van der Waals surface area contributed by atoms with Crippen LogP contribution in [0.25, 0.3) is 118 Å². The molecule has 0 amide bonds. The molecule has 0 N–H and O–H groups in total. The molecule has 13 aromatic rings. The van der Waals surface area contributed by atoms with E-state index in [1.807, 2.05) is 11.3 Å². The second-order valence-corrected chi connectivity index (χ2v) is 15.9. The molecule has 0 atom stereocenters. The first-order valence-electron chi connectivity index (χ1n) is 18.9. The van der Waals surface area contributed by atoms with E-state index in [9.17, 15) is 0 Å². The van der Waals surface area contributed by atoms with E-state index in [4.69, 9.17) is 0 Å². The van der Waals surface area contributed by atoms with Crippen LogP contribution in [-0.2, 0) is 0 Å². The number of fused-ring (bicyclic) bond motifs is 11. The van der Waals surface area contributed by atoms with E-state index in [1.54, 1.807) is 0 Å². The molecule has 0 aliphatic rings. The van der Waals surface area contributed by atoms with E-state index in [-0.39, 0.29) is 0 Å². The Balaban J connectivity index is 1.11. The molecule has 4 heterocycles. The van der Waals surface area contributed by atoms with Crippen LogP contribution < -0.4 is 0 Å². The minimum absolute atomic E-state index is 1.18. The minimum atomic E-state index is 1.18. The average Bonchev–Trinajstić information content (AvgIpc) is 3.91. The molecule has 2 nitrogen and oxygen atoms in total. The number of aromatic nitrogens is 2. The molecule has 0 bridgehead atoms. The molecule has 13 rings (SSSR count). The summed E-state index contributed by atoms with van der Waals surface area (Å²) in [5.41, 5.74) is 9.78. The lowest BCUT2D eigenvalue weighted by molar-refractivity contribution is 1.19. The Bertz CT molecular complexity index is 3780. The van der Waals surface area contributed by atoms with Crippen molar-refractivity contribution in [3.8, 4) is 16.8 Å². The normalized spacial score (nSPS) is 12.4. The highest BCUT2D eigenvalue weighted by Crippen LogP contribution is 2.45. The lowest BCUT2D eigenvalue weighted by Crippen LogP contribution is -1.93. The fourth-order valence-corrected chi connectivity index (χ4v) is 10.8. The topological polar surface area (TPSA) is 9.34 Å². The number of thiophene rings is 1. The molecular weight excluding hydrogens is 685 g/mol. The maximum absolute atomic E-state index is 2.55. The molecule has 0 spiro atoms. The van der Waals surface area contributed by atoms with Crippen LogP contribution in [0.2, 0.25) is 0 Å². The Labute approximate surface area is 319 Å². The number of benzene rings is 9. The molecule has 0 aliphatic heterocycles. The van der Waals surface area contributed by atoms with Gasteiger partial charge in [-0.15, -0.1) is 11.3 Å². The van der Waals surface area contributed by atoms with E-state index in [2.05, 4.69) is 191 Å². The molecule has 0 aliphatic carbocycles. The largest absolute Gasteiger partial charge is 0.309 e. The van der Waals surface area contributed by atoms with Crippen LogP contribution in [-0.4, -0.2) is 8.97 Å². The summed E-state index contributed by atoms with van der Waals surface area (Å²) in [5, 5.41) is 15.4. The summed E-state index contributed by atoms with van der Waals surface area (Å²) in [7, 11) is 0. The predicted molar refractivity (Wildman–Crippen MR) is 238 cm³/mol. The van der Waals surface area contributed by atoms with Crippen LogP contribution in [0.4, 0.5) is 0 Å². The Morgan fingerprint density at radius 1 is 0.327 bits per heavy atom. The maximum Gasteiger partial charge on any atom is 0.0619 e. The van der Waals surface area contributed by atoms with Gasteiger partial charge < -0.3 is 8.97 Å². The van der Waals surface area contributed by atoms with Gasteiger partial charge in [-0.25, -0.2) is 0 Å². The molecule has 0 saturated carbocycles. The van der Waals surface area contributed by atoms with Crippen molar-refractivity contribution in [1.82, 2.24) is 8.97 Å². The zero-order chi connectivity index (χ0) is 35.8. The first-order chi connectivity index (χ1) is 27.3. The highest BCUT2D eigenvalue weighted by Gasteiger charge is 2.19. The fraction of sp³-hybridized carbons (Fsp3) is 0. The molecule has 3 heteroatoms. The third kappa shape index (κ3) is 3.97. The quantitative estimate of drug-likeness (QED) is 0.169.